The molecule has 1 saturated carbocycles. The Balaban J connectivity index is 0.00000192. The molecule has 0 spiro atoms. The van der Waals surface area contributed by atoms with Gasteiger partial charge in [0, 0.05) is 25.8 Å². The number of hydrogen-bond acceptors (Lipinski definition) is 3. The van der Waals surface area contributed by atoms with Crippen LogP contribution in [0.4, 0.5) is 0 Å². The summed E-state index contributed by atoms with van der Waals surface area (Å²) in [7, 11) is 0. The van der Waals surface area contributed by atoms with Crippen molar-refractivity contribution in [1.82, 2.24) is 5.32 Å². The van der Waals surface area contributed by atoms with Crippen molar-refractivity contribution >= 4 is 18.3 Å². The quantitative estimate of drug-likeness (QED) is 0.866. The van der Waals surface area contributed by atoms with Crippen molar-refractivity contribution in [1.29, 1.82) is 0 Å². The van der Waals surface area contributed by atoms with E-state index in [4.69, 9.17) is 10.5 Å². The van der Waals surface area contributed by atoms with Crippen LogP contribution in [0, 0.1) is 12.8 Å². The summed E-state index contributed by atoms with van der Waals surface area (Å²) >= 11 is 0. The molecule has 1 unspecified atom stereocenters. The van der Waals surface area contributed by atoms with Gasteiger partial charge in [0.15, 0.2) is 0 Å². The first kappa shape index (κ1) is 18.2. The lowest BCUT2D eigenvalue weighted by molar-refractivity contribution is -0.130. The molecule has 0 bridgehead atoms. The Morgan fingerprint density at radius 1 is 1.35 bits per heavy atom. The average Bonchev–Trinajstić information content (AvgIpc) is 3.38. The molecule has 1 amide bonds. The van der Waals surface area contributed by atoms with Crippen LogP contribution in [0.15, 0.2) is 24.3 Å². The van der Waals surface area contributed by atoms with Crippen molar-refractivity contribution < 1.29 is 9.53 Å². The Morgan fingerprint density at radius 3 is 2.61 bits per heavy atom. The van der Waals surface area contributed by atoms with E-state index < -0.39 is 5.41 Å². The standard InChI is InChI=1S/C18H26N2O2.ClH/c1-13-4-2-3-5-15(13)18(8-10-22-11-9-18)17(21)20-12-16(19)14-6-7-14;/h2-5,14,16H,6-12,19H2,1H3,(H,20,21);1H. The molecule has 4 nitrogen and oxygen atoms in total. The summed E-state index contributed by atoms with van der Waals surface area (Å²) in [5, 5.41) is 3.12. The zero-order chi connectivity index (χ0) is 15.6. The van der Waals surface area contributed by atoms with Crippen LogP contribution in [0.5, 0.6) is 0 Å². The second kappa shape index (κ2) is 7.65. The number of carbonyl (C=O) groups excluding carboxylic acids is 1. The normalized spacial score (nSPS) is 21.1. The highest BCUT2D eigenvalue weighted by Gasteiger charge is 2.42. The molecule has 128 valence electrons. The molecule has 3 rings (SSSR count). The highest BCUT2D eigenvalue weighted by atomic mass is 35.5. The first-order valence-corrected chi connectivity index (χ1v) is 8.31. The second-order valence-corrected chi connectivity index (χ2v) is 6.72. The summed E-state index contributed by atoms with van der Waals surface area (Å²) in [5.74, 6) is 0.714. The van der Waals surface area contributed by atoms with E-state index in [9.17, 15) is 4.79 Å². The zero-order valence-corrected chi connectivity index (χ0v) is 14.5. The van der Waals surface area contributed by atoms with Gasteiger partial charge < -0.3 is 15.8 Å². The summed E-state index contributed by atoms with van der Waals surface area (Å²) in [6.07, 6.45) is 3.88. The number of nitrogens with one attached hydrogen (secondary N) is 1. The fourth-order valence-corrected chi connectivity index (χ4v) is 3.52. The maximum atomic E-state index is 13.0. The third-order valence-electron chi connectivity index (χ3n) is 5.17. The number of amides is 1. The number of benzene rings is 1. The van der Waals surface area contributed by atoms with E-state index in [0.29, 0.717) is 25.7 Å². The minimum absolute atomic E-state index is 0. The van der Waals surface area contributed by atoms with E-state index in [1.54, 1.807) is 0 Å². The summed E-state index contributed by atoms with van der Waals surface area (Å²) < 4.78 is 5.51. The highest BCUT2D eigenvalue weighted by molar-refractivity contribution is 5.88. The molecule has 1 aromatic rings. The van der Waals surface area contributed by atoms with Crippen molar-refractivity contribution in [3.8, 4) is 0 Å². The van der Waals surface area contributed by atoms with E-state index in [0.717, 1.165) is 18.4 Å². The first-order chi connectivity index (χ1) is 10.6. The molecule has 1 saturated heterocycles. The number of rotatable bonds is 5. The highest BCUT2D eigenvalue weighted by Crippen LogP contribution is 2.37. The molecule has 2 aliphatic rings. The molecule has 1 aliphatic carbocycles. The van der Waals surface area contributed by atoms with Gasteiger partial charge in [0.25, 0.3) is 0 Å². The van der Waals surface area contributed by atoms with Crippen LogP contribution < -0.4 is 11.1 Å². The molecule has 3 N–H and O–H groups in total. The number of halogens is 1. The van der Waals surface area contributed by atoms with Gasteiger partial charge in [-0.1, -0.05) is 24.3 Å². The lowest BCUT2D eigenvalue weighted by atomic mass is 9.71. The van der Waals surface area contributed by atoms with Crippen molar-refractivity contribution in [2.45, 2.75) is 44.1 Å². The lowest BCUT2D eigenvalue weighted by Crippen LogP contribution is -2.51. The molecular formula is C18H27ClN2O2. The molecule has 5 heteroatoms. The lowest BCUT2D eigenvalue weighted by Gasteiger charge is -2.37. The summed E-state index contributed by atoms with van der Waals surface area (Å²) in [6, 6.07) is 8.30. The van der Waals surface area contributed by atoms with Gasteiger partial charge in [-0.3, -0.25) is 4.79 Å². The minimum atomic E-state index is -0.465. The number of ether oxygens (including phenoxy) is 1. The Kier molecular flexibility index (Phi) is 6.06. The Morgan fingerprint density at radius 2 is 2.00 bits per heavy atom. The Hall–Kier alpha value is -1.10. The van der Waals surface area contributed by atoms with E-state index in [-0.39, 0.29) is 24.4 Å². The van der Waals surface area contributed by atoms with Gasteiger partial charge in [0.1, 0.15) is 0 Å². The maximum Gasteiger partial charge on any atom is 0.230 e. The Labute approximate surface area is 144 Å². The minimum Gasteiger partial charge on any atom is -0.381 e. The molecule has 1 aromatic carbocycles. The zero-order valence-electron chi connectivity index (χ0n) is 13.7. The Bertz CT molecular complexity index is 540. The van der Waals surface area contributed by atoms with E-state index in [1.165, 1.54) is 18.4 Å². The third-order valence-corrected chi connectivity index (χ3v) is 5.17. The van der Waals surface area contributed by atoms with Gasteiger partial charge in [-0.25, -0.2) is 0 Å². The number of carbonyl (C=O) groups is 1. The first-order valence-electron chi connectivity index (χ1n) is 8.31. The number of hydrogen-bond donors (Lipinski definition) is 2. The van der Waals surface area contributed by atoms with Gasteiger partial charge in [0.2, 0.25) is 5.91 Å². The smallest absolute Gasteiger partial charge is 0.230 e. The van der Waals surface area contributed by atoms with Crippen molar-refractivity contribution in [3.63, 3.8) is 0 Å². The predicted molar refractivity (Wildman–Crippen MR) is 93.9 cm³/mol. The molecule has 2 fully saturated rings. The summed E-state index contributed by atoms with van der Waals surface area (Å²) in [6.45, 7) is 3.93. The van der Waals surface area contributed by atoms with Crippen molar-refractivity contribution in [3.05, 3.63) is 35.4 Å². The van der Waals surface area contributed by atoms with Gasteiger partial charge >= 0.3 is 0 Å². The monoisotopic (exact) mass is 338 g/mol. The maximum absolute atomic E-state index is 13.0. The van der Waals surface area contributed by atoms with Crippen LogP contribution in [0.25, 0.3) is 0 Å². The van der Waals surface area contributed by atoms with Crippen LogP contribution >= 0.6 is 12.4 Å². The van der Waals surface area contributed by atoms with Crippen LogP contribution in [-0.4, -0.2) is 31.7 Å². The van der Waals surface area contributed by atoms with Crippen LogP contribution in [-0.2, 0) is 14.9 Å². The van der Waals surface area contributed by atoms with Gasteiger partial charge in [-0.15, -0.1) is 12.4 Å². The average molecular weight is 339 g/mol. The van der Waals surface area contributed by atoms with Crippen LogP contribution in [0.2, 0.25) is 0 Å². The number of aryl methyl sites for hydroxylation is 1. The molecule has 0 aromatic heterocycles. The number of nitrogens with two attached hydrogens (primary N) is 1. The van der Waals surface area contributed by atoms with Crippen LogP contribution in [0.1, 0.15) is 36.8 Å². The van der Waals surface area contributed by atoms with Gasteiger partial charge in [0.05, 0.1) is 5.41 Å². The molecule has 0 radical (unpaired) electrons. The second-order valence-electron chi connectivity index (χ2n) is 6.72. The van der Waals surface area contributed by atoms with Gasteiger partial charge in [-0.05, 0) is 49.7 Å². The third kappa shape index (κ3) is 3.87. The van der Waals surface area contributed by atoms with E-state index in [1.807, 2.05) is 12.1 Å². The summed E-state index contributed by atoms with van der Waals surface area (Å²) in [5.41, 5.74) is 7.97. The SMILES string of the molecule is Cc1ccccc1C1(C(=O)NCC(N)C2CC2)CCOCC1.Cl. The fourth-order valence-electron chi connectivity index (χ4n) is 3.52. The van der Waals surface area contributed by atoms with E-state index in [2.05, 4.69) is 24.4 Å². The molecular weight excluding hydrogens is 312 g/mol. The molecule has 1 atom stereocenters. The van der Waals surface area contributed by atoms with E-state index >= 15 is 0 Å². The largest absolute Gasteiger partial charge is 0.381 e. The molecule has 23 heavy (non-hydrogen) atoms. The summed E-state index contributed by atoms with van der Waals surface area (Å²) in [4.78, 5) is 13.0. The van der Waals surface area contributed by atoms with Crippen molar-refractivity contribution in [2.75, 3.05) is 19.8 Å². The fraction of sp³-hybridized carbons (Fsp3) is 0.611. The molecule has 1 heterocycles. The topological polar surface area (TPSA) is 64.4 Å². The van der Waals surface area contributed by atoms with Crippen LogP contribution in [0.3, 0.4) is 0 Å². The molecule has 1 aliphatic heterocycles. The predicted octanol–water partition coefficient (Wildman–Crippen LogP) is 2.32. The van der Waals surface area contributed by atoms with Gasteiger partial charge in [-0.2, -0.15) is 0 Å². The van der Waals surface area contributed by atoms with Crippen molar-refractivity contribution in [2.24, 2.45) is 11.7 Å².